The van der Waals surface area contributed by atoms with E-state index >= 15 is 0 Å². The zero-order valence-corrected chi connectivity index (χ0v) is 14.8. The van der Waals surface area contributed by atoms with Gasteiger partial charge in [-0.3, -0.25) is 14.6 Å². The van der Waals surface area contributed by atoms with Crippen LogP contribution in [0.2, 0.25) is 0 Å². The second kappa shape index (κ2) is 8.72. The lowest BCUT2D eigenvalue weighted by molar-refractivity contribution is 0.0903. The molecule has 0 aliphatic rings. The summed E-state index contributed by atoms with van der Waals surface area (Å²) in [6.07, 6.45) is 2.42. The van der Waals surface area contributed by atoms with Crippen molar-refractivity contribution in [3.05, 3.63) is 89.8 Å². The Morgan fingerprint density at radius 2 is 1.75 bits per heavy atom. The van der Waals surface area contributed by atoms with Crippen molar-refractivity contribution in [1.82, 2.24) is 20.6 Å². The molecule has 0 radical (unpaired) electrons. The molecule has 4 N–H and O–H groups in total. The summed E-state index contributed by atoms with van der Waals surface area (Å²) in [6.45, 7) is 0.0976. The SMILES string of the molecule is Nc1cc(C(=O)NC[C@@H](NC(=O)c2ccccn2)c2ccccc2)ncc1F. The summed E-state index contributed by atoms with van der Waals surface area (Å²) in [5, 5.41) is 5.54. The van der Waals surface area contributed by atoms with Gasteiger partial charge in [0.15, 0.2) is 5.82 Å². The standard InChI is InChI=1S/C20H18FN5O2/c21-14-11-24-17(10-15(14)22)19(27)25-12-18(13-6-2-1-3-7-13)26-20(28)16-8-4-5-9-23-16/h1-11,18H,12H2,(H2,22,24)(H,25,27)(H,26,28)/t18-/m1/s1. The average molecular weight is 379 g/mol. The largest absolute Gasteiger partial charge is 0.396 e. The smallest absolute Gasteiger partial charge is 0.270 e. The number of anilines is 1. The summed E-state index contributed by atoms with van der Waals surface area (Å²) in [5.41, 5.74) is 6.37. The van der Waals surface area contributed by atoms with E-state index in [-0.39, 0.29) is 29.5 Å². The minimum Gasteiger partial charge on any atom is -0.396 e. The van der Waals surface area contributed by atoms with Crippen LogP contribution in [0.25, 0.3) is 0 Å². The van der Waals surface area contributed by atoms with Gasteiger partial charge in [-0.1, -0.05) is 36.4 Å². The first-order valence-corrected chi connectivity index (χ1v) is 8.50. The maximum atomic E-state index is 13.2. The normalized spacial score (nSPS) is 11.5. The van der Waals surface area contributed by atoms with Gasteiger partial charge in [-0.05, 0) is 23.8 Å². The summed E-state index contributed by atoms with van der Waals surface area (Å²) in [4.78, 5) is 32.6. The van der Waals surface area contributed by atoms with Crippen LogP contribution in [0.5, 0.6) is 0 Å². The number of nitrogens with one attached hydrogen (secondary N) is 2. The molecule has 0 aliphatic heterocycles. The second-order valence-electron chi connectivity index (χ2n) is 5.95. The monoisotopic (exact) mass is 379 g/mol. The van der Waals surface area contributed by atoms with Crippen molar-refractivity contribution in [3.63, 3.8) is 0 Å². The number of amides is 2. The Kier molecular flexibility index (Phi) is 5.91. The van der Waals surface area contributed by atoms with Gasteiger partial charge < -0.3 is 16.4 Å². The van der Waals surface area contributed by atoms with Crippen molar-refractivity contribution >= 4 is 17.5 Å². The van der Waals surface area contributed by atoms with Crippen molar-refractivity contribution < 1.29 is 14.0 Å². The van der Waals surface area contributed by atoms with Crippen LogP contribution in [0, 0.1) is 5.82 Å². The van der Waals surface area contributed by atoms with Gasteiger partial charge in [-0.2, -0.15) is 0 Å². The molecule has 0 saturated heterocycles. The first kappa shape index (κ1) is 19.0. The van der Waals surface area contributed by atoms with E-state index in [1.165, 1.54) is 6.20 Å². The Morgan fingerprint density at radius 1 is 1.00 bits per heavy atom. The number of benzene rings is 1. The molecular weight excluding hydrogens is 361 g/mol. The zero-order valence-electron chi connectivity index (χ0n) is 14.8. The second-order valence-corrected chi connectivity index (χ2v) is 5.95. The lowest BCUT2D eigenvalue weighted by Gasteiger charge is -2.19. The van der Waals surface area contributed by atoms with Gasteiger partial charge in [0, 0.05) is 12.7 Å². The molecule has 0 unspecified atom stereocenters. The van der Waals surface area contributed by atoms with Crippen LogP contribution in [-0.2, 0) is 0 Å². The van der Waals surface area contributed by atoms with Gasteiger partial charge in [-0.15, -0.1) is 0 Å². The third kappa shape index (κ3) is 4.67. The van der Waals surface area contributed by atoms with Gasteiger partial charge >= 0.3 is 0 Å². The summed E-state index contributed by atoms with van der Waals surface area (Å²) < 4.78 is 13.2. The van der Waals surface area contributed by atoms with Crippen LogP contribution in [0.1, 0.15) is 32.6 Å². The summed E-state index contributed by atoms with van der Waals surface area (Å²) in [5.74, 6) is -1.59. The Hall–Kier alpha value is -3.81. The van der Waals surface area contributed by atoms with Crippen LogP contribution in [-0.4, -0.2) is 28.3 Å². The molecule has 8 heteroatoms. The molecular formula is C20H18FN5O2. The van der Waals surface area contributed by atoms with Crippen LogP contribution < -0.4 is 16.4 Å². The highest BCUT2D eigenvalue weighted by molar-refractivity contribution is 5.94. The number of carbonyl (C=O) groups excluding carboxylic acids is 2. The van der Waals surface area contributed by atoms with Crippen molar-refractivity contribution in [2.75, 3.05) is 12.3 Å². The number of hydrogen-bond acceptors (Lipinski definition) is 5. The fourth-order valence-electron chi connectivity index (χ4n) is 2.53. The molecule has 28 heavy (non-hydrogen) atoms. The van der Waals surface area contributed by atoms with Crippen molar-refractivity contribution in [3.8, 4) is 0 Å². The van der Waals surface area contributed by atoms with E-state index < -0.39 is 17.8 Å². The number of carbonyl (C=O) groups is 2. The van der Waals surface area contributed by atoms with Gasteiger partial charge in [0.2, 0.25) is 0 Å². The molecule has 0 fully saturated rings. The minimum atomic E-state index is -0.693. The van der Waals surface area contributed by atoms with E-state index in [2.05, 4.69) is 20.6 Å². The highest BCUT2D eigenvalue weighted by Crippen LogP contribution is 2.14. The zero-order chi connectivity index (χ0) is 19.9. The third-order valence-electron chi connectivity index (χ3n) is 3.99. The third-order valence-corrected chi connectivity index (χ3v) is 3.99. The van der Waals surface area contributed by atoms with Gasteiger partial charge in [0.25, 0.3) is 11.8 Å². The quantitative estimate of drug-likeness (QED) is 0.608. The molecule has 1 atom stereocenters. The molecule has 1 aromatic carbocycles. The maximum absolute atomic E-state index is 13.2. The Labute approximate surface area is 160 Å². The highest BCUT2D eigenvalue weighted by Gasteiger charge is 2.18. The number of nitrogen functional groups attached to an aromatic ring is 1. The molecule has 7 nitrogen and oxygen atoms in total. The number of pyridine rings is 2. The van der Waals surface area contributed by atoms with Crippen LogP contribution >= 0.6 is 0 Å². The first-order valence-electron chi connectivity index (χ1n) is 8.50. The van der Waals surface area contributed by atoms with Crippen LogP contribution in [0.3, 0.4) is 0 Å². The average Bonchev–Trinajstić information content (AvgIpc) is 2.74. The Balaban J connectivity index is 1.73. The summed E-state index contributed by atoms with van der Waals surface area (Å²) in [6, 6.07) is 14.9. The fourth-order valence-corrected chi connectivity index (χ4v) is 2.53. The number of nitrogens with two attached hydrogens (primary N) is 1. The van der Waals surface area contributed by atoms with Crippen molar-refractivity contribution in [2.45, 2.75) is 6.04 Å². The lowest BCUT2D eigenvalue weighted by Crippen LogP contribution is -2.38. The van der Waals surface area contributed by atoms with E-state index in [9.17, 15) is 14.0 Å². The first-order chi connectivity index (χ1) is 13.5. The molecule has 2 amide bonds. The van der Waals surface area contributed by atoms with Crippen molar-refractivity contribution in [1.29, 1.82) is 0 Å². The predicted molar refractivity (Wildman–Crippen MR) is 102 cm³/mol. The number of halogens is 1. The van der Waals surface area contributed by atoms with Gasteiger partial charge in [0.05, 0.1) is 17.9 Å². The topological polar surface area (TPSA) is 110 Å². The van der Waals surface area contributed by atoms with Crippen molar-refractivity contribution in [2.24, 2.45) is 0 Å². The molecule has 0 bridgehead atoms. The number of nitrogens with zero attached hydrogens (tertiary/aromatic N) is 2. The number of aromatic nitrogens is 2. The molecule has 2 aromatic heterocycles. The molecule has 0 spiro atoms. The number of rotatable bonds is 6. The van der Waals surface area contributed by atoms with E-state index in [4.69, 9.17) is 5.73 Å². The molecule has 0 aliphatic carbocycles. The van der Waals surface area contributed by atoms with Gasteiger partial charge in [-0.25, -0.2) is 9.37 Å². The predicted octanol–water partition coefficient (Wildman–Crippen LogP) is 2.10. The minimum absolute atomic E-state index is 0.0123. The Morgan fingerprint density at radius 3 is 2.43 bits per heavy atom. The highest BCUT2D eigenvalue weighted by atomic mass is 19.1. The Bertz CT molecular complexity index is 967. The van der Waals surface area contributed by atoms with Gasteiger partial charge in [0.1, 0.15) is 11.4 Å². The molecule has 142 valence electrons. The van der Waals surface area contributed by atoms with E-state index in [1.807, 2.05) is 30.3 Å². The molecule has 3 aromatic rings. The van der Waals surface area contributed by atoms with E-state index in [0.29, 0.717) is 0 Å². The summed E-state index contributed by atoms with van der Waals surface area (Å²) in [7, 11) is 0. The van der Waals surface area contributed by atoms with E-state index in [1.54, 1.807) is 18.2 Å². The van der Waals surface area contributed by atoms with E-state index in [0.717, 1.165) is 17.8 Å². The van der Waals surface area contributed by atoms with Crippen LogP contribution in [0.15, 0.2) is 67.0 Å². The lowest BCUT2D eigenvalue weighted by atomic mass is 10.1. The summed E-state index contributed by atoms with van der Waals surface area (Å²) >= 11 is 0. The maximum Gasteiger partial charge on any atom is 0.270 e. The molecule has 0 saturated carbocycles. The molecule has 2 heterocycles. The number of hydrogen-bond donors (Lipinski definition) is 3. The molecule has 3 rings (SSSR count). The van der Waals surface area contributed by atoms with Crippen LogP contribution in [0.4, 0.5) is 10.1 Å². The fraction of sp³-hybridized carbons (Fsp3) is 0.100.